The molecule has 6 N–H and O–H groups in total. The molecule has 1 aliphatic carbocycles. The molecule has 0 saturated heterocycles. The summed E-state index contributed by atoms with van der Waals surface area (Å²) in [6.45, 7) is 19.4. The van der Waals surface area contributed by atoms with Crippen LogP contribution in [0.4, 0.5) is 10.5 Å². The van der Waals surface area contributed by atoms with E-state index in [0.29, 0.717) is 35.5 Å². The molecule has 46 heavy (non-hydrogen) atoms. The van der Waals surface area contributed by atoms with Crippen LogP contribution in [0.2, 0.25) is 0 Å². The molecule has 10 heteroatoms. The van der Waals surface area contributed by atoms with Crippen LogP contribution in [0.15, 0.2) is 55.2 Å². The lowest BCUT2D eigenvalue weighted by Gasteiger charge is -2.23. The molecule has 1 aliphatic rings. The third kappa shape index (κ3) is 13.8. The van der Waals surface area contributed by atoms with Gasteiger partial charge in [0, 0.05) is 50.6 Å². The third-order valence-electron chi connectivity index (χ3n) is 7.33. The average Bonchev–Trinajstić information content (AvgIpc) is 3.61. The lowest BCUT2D eigenvalue weighted by molar-refractivity contribution is 0.104. The number of hydrogen-bond acceptors (Lipinski definition) is 7. The van der Waals surface area contributed by atoms with Gasteiger partial charge in [-0.2, -0.15) is 5.10 Å². The van der Waals surface area contributed by atoms with Crippen molar-refractivity contribution in [2.45, 2.75) is 79.6 Å². The number of rotatable bonds is 18. The van der Waals surface area contributed by atoms with Gasteiger partial charge in [-0.05, 0) is 45.2 Å². The van der Waals surface area contributed by atoms with Gasteiger partial charge in [-0.1, -0.05) is 96.0 Å². The Labute approximate surface area is 277 Å². The van der Waals surface area contributed by atoms with E-state index >= 15 is 0 Å². The molecule has 0 bridgehead atoms. The van der Waals surface area contributed by atoms with Crippen molar-refractivity contribution in [1.29, 1.82) is 0 Å². The summed E-state index contributed by atoms with van der Waals surface area (Å²) in [4.78, 5) is 27.9. The Balaban J connectivity index is 0.000000512. The fourth-order valence-corrected chi connectivity index (χ4v) is 4.97. The van der Waals surface area contributed by atoms with Gasteiger partial charge in [0.1, 0.15) is 5.69 Å². The van der Waals surface area contributed by atoms with Crippen LogP contribution in [-0.2, 0) is 6.42 Å². The zero-order chi connectivity index (χ0) is 34.2. The number of likely N-dealkylation sites (N-methyl/N-ethyl adjacent to an activating group) is 1. The lowest BCUT2D eigenvalue weighted by Crippen LogP contribution is -2.45. The first kappa shape index (κ1) is 40.5. The highest BCUT2D eigenvalue weighted by Gasteiger charge is 2.34. The van der Waals surface area contributed by atoms with E-state index < -0.39 is 0 Å². The molecule has 1 heterocycles. The average molecular weight is 638 g/mol. The first-order chi connectivity index (χ1) is 22.4. The largest absolute Gasteiger partial charge is 0.396 e. The van der Waals surface area contributed by atoms with Crippen LogP contribution in [0.1, 0.15) is 94.8 Å². The fraction of sp³-hybridized carbons (Fsp3) is 0.528. The summed E-state index contributed by atoms with van der Waals surface area (Å²) < 4.78 is 0. The molecule has 0 spiro atoms. The standard InChI is InChI=1S/C22H31N5O2.C7H18N2O.C7H10/c1-4-7-8-9-14-27(13-5-2)26-22(29)23-17-12-10-11-15-18(17)21(28)19-16(6-3)24-25-20(15)19;1-2-9(6-4-8)5-3-7-10;1-3-5-7-6-4-2/h10-12H,4-9,13-14H2,1-3H3,(H,24,25)(H2,23,26,29);10H,2-8H2,1H3;3-7H,1H2,2H3/b;;6-4-,7-5-. The number of amides is 2. The number of hydrazine groups is 1. The molecule has 0 unspecified atom stereocenters. The van der Waals surface area contributed by atoms with E-state index in [4.69, 9.17) is 10.8 Å². The molecule has 1 aromatic carbocycles. The maximum absolute atomic E-state index is 13.0. The molecule has 1 aromatic heterocycles. The normalized spacial score (nSPS) is 11.7. The summed E-state index contributed by atoms with van der Waals surface area (Å²) >= 11 is 0. The number of carbonyl (C=O) groups excluding carboxylic acids is 2. The Morgan fingerprint density at radius 3 is 2.39 bits per heavy atom. The minimum atomic E-state index is -0.322. The van der Waals surface area contributed by atoms with Crippen molar-refractivity contribution in [3.8, 4) is 11.3 Å². The van der Waals surface area contributed by atoms with E-state index in [9.17, 15) is 9.59 Å². The number of aromatic nitrogens is 2. The molecule has 2 amide bonds. The molecule has 0 aliphatic heterocycles. The predicted molar refractivity (Wildman–Crippen MR) is 192 cm³/mol. The monoisotopic (exact) mass is 637 g/mol. The van der Waals surface area contributed by atoms with E-state index in [0.717, 1.165) is 69.7 Å². The lowest BCUT2D eigenvalue weighted by atomic mass is 10.1. The van der Waals surface area contributed by atoms with Gasteiger partial charge >= 0.3 is 6.03 Å². The van der Waals surface area contributed by atoms with Crippen molar-refractivity contribution in [2.75, 3.05) is 51.2 Å². The summed E-state index contributed by atoms with van der Waals surface area (Å²) in [6.07, 6.45) is 16.6. The van der Waals surface area contributed by atoms with Crippen LogP contribution in [0.25, 0.3) is 11.3 Å². The number of anilines is 1. The van der Waals surface area contributed by atoms with Gasteiger partial charge in [-0.3, -0.25) is 15.3 Å². The van der Waals surface area contributed by atoms with Crippen LogP contribution in [0.3, 0.4) is 0 Å². The molecule has 3 rings (SSSR count). The number of allylic oxidation sites excluding steroid dienone is 5. The van der Waals surface area contributed by atoms with Gasteiger partial charge in [0.05, 0.1) is 16.8 Å². The van der Waals surface area contributed by atoms with Crippen LogP contribution < -0.4 is 16.5 Å². The van der Waals surface area contributed by atoms with E-state index in [1.807, 2.05) is 55.3 Å². The fourth-order valence-electron chi connectivity index (χ4n) is 4.97. The van der Waals surface area contributed by atoms with E-state index in [-0.39, 0.29) is 18.4 Å². The third-order valence-corrected chi connectivity index (χ3v) is 7.33. The summed E-state index contributed by atoms with van der Waals surface area (Å²) in [5.41, 5.74) is 12.3. The second kappa shape index (κ2) is 24.6. The second-order valence-electron chi connectivity index (χ2n) is 10.9. The molecule has 2 aromatic rings. The quantitative estimate of drug-likeness (QED) is 0.0612. The number of H-pyrrole nitrogens is 1. The number of aliphatic hydroxyl groups excluding tert-OH is 1. The summed E-state index contributed by atoms with van der Waals surface area (Å²) in [5.74, 6) is -0.0820. The number of ketones is 1. The van der Waals surface area contributed by atoms with Crippen LogP contribution >= 0.6 is 0 Å². The van der Waals surface area contributed by atoms with Crippen molar-refractivity contribution in [3.05, 3.63) is 72.0 Å². The zero-order valence-electron chi connectivity index (χ0n) is 28.9. The summed E-state index contributed by atoms with van der Waals surface area (Å²) in [5, 5.41) is 20.6. The molecule has 10 nitrogen and oxygen atoms in total. The summed E-state index contributed by atoms with van der Waals surface area (Å²) in [7, 11) is 0. The van der Waals surface area contributed by atoms with Crippen molar-refractivity contribution in [2.24, 2.45) is 5.73 Å². The number of urea groups is 1. The second-order valence-corrected chi connectivity index (χ2v) is 10.9. The number of nitrogens with one attached hydrogen (secondary N) is 3. The number of benzene rings is 1. The number of aromatic amines is 1. The number of nitrogens with zero attached hydrogens (tertiary/aromatic N) is 3. The maximum atomic E-state index is 13.0. The summed E-state index contributed by atoms with van der Waals surface area (Å²) in [6, 6.07) is 5.16. The molecule has 0 radical (unpaired) electrons. The molecular formula is C36H59N7O3. The number of aliphatic hydroxyl groups is 1. The van der Waals surface area contributed by atoms with Gasteiger partial charge in [0.2, 0.25) is 0 Å². The zero-order valence-corrected chi connectivity index (χ0v) is 28.9. The molecule has 0 fully saturated rings. The van der Waals surface area contributed by atoms with Gasteiger partial charge in [-0.15, -0.1) is 0 Å². The van der Waals surface area contributed by atoms with Crippen molar-refractivity contribution in [3.63, 3.8) is 0 Å². The predicted octanol–water partition coefficient (Wildman–Crippen LogP) is 6.47. The van der Waals surface area contributed by atoms with Gasteiger partial charge < -0.3 is 21.1 Å². The Bertz CT molecular complexity index is 1220. The smallest absolute Gasteiger partial charge is 0.333 e. The van der Waals surface area contributed by atoms with Gasteiger partial charge in [-0.25, -0.2) is 9.80 Å². The molecule has 256 valence electrons. The Morgan fingerprint density at radius 1 is 1.00 bits per heavy atom. The SMILES string of the molecule is C=C/C=C\C=C/C.CCCCCCN(CCC)NC(=O)Nc1cccc2c1C(=O)c1c-2n[nH]c1CC.CCN(CCN)CCCO. The topological polar surface area (TPSA) is 140 Å². The first-order valence-corrected chi connectivity index (χ1v) is 16.9. The highest BCUT2D eigenvalue weighted by atomic mass is 16.3. The number of carbonyl (C=O) groups is 2. The van der Waals surface area contributed by atoms with Crippen LogP contribution in [-0.4, -0.2) is 82.9 Å². The van der Waals surface area contributed by atoms with E-state index in [1.165, 1.54) is 12.8 Å². The molecular weight excluding hydrogens is 578 g/mol. The Kier molecular flexibility index (Phi) is 21.7. The number of aryl methyl sites for hydroxylation is 1. The minimum Gasteiger partial charge on any atom is -0.396 e. The number of fused-ring (bicyclic) bond motifs is 3. The van der Waals surface area contributed by atoms with Crippen LogP contribution in [0.5, 0.6) is 0 Å². The van der Waals surface area contributed by atoms with Gasteiger partial charge in [0.25, 0.3) is 0 Å². The first-order valence-electron chi connectivity index (χ1n) is 16.9. The highest BCUT2D eigenvalue weighted by molar-refractivity contribution is 6.25. The van der Waals surface area contributed by atoms with E-state index in [2.05, 4.69) is 53.2 Å². The molecule has 0 saturated carbocycles. The van der Waals surface area contributed by atoms with Crippen molar-refractivity contribution >= 4 is 17.5 Å². The minimum absolute atomic E-state index is 0.0820. The maximum Gasteiger partial charge on any atom is 0.333 e. The van der Waals surface area contributed by atoms with Crippen LogP contribution in [0, 0.1) is 0 Å². The van der Waals surface area contributed by atoms with Crippen molar-refractivity contribution in [1.82, 2.24) is 25.5 Å². The number of nitrogens with two attached hydrogens (primary N) is 1. The van der Waals surface area contributed by atoms with Gasteiger partial charge in [0.15, 0.2) is 5.78 Å². The van der Waals surface area contributed by atoms with Crippen molar-refractivity contribution < 1.29 is 14.7 Å². The number of hydrogen-bond donors (Lipinski definition) is 5. The van der Waals surface area contributed by atoms with E-state index in [1.54, 1.807) is 12.1 Å². The number of unbranched alkanes of at least 4 members (excludes halogenated alkanes) is 3. The Morgan fingerprint density at radius 2 is 1.78 bits per heavy atom. The molecule has 0 atom stereocenters. The Hall–Kier alpha value is -3.57. The highest BCUT2D eigenvalue weighted by Crippen LogP contribution is 2.40.